The molecule has 2 rings (SSSR count). The van der Waals surface area contributed by atoms with Gasteiger partial charge in [0.05, 0.1) is 7.11 Å². The summed E-state index contributed by atoms with van der Waals surface area (Å²) in [7, 11) is -2.04. The molecule has 7 heteroatoms. The fourth-order valence-corrected chi connectivity index (χ4v) is 4.18. The van der Waals surface area contributed by atoms with Gasteiger partial charge in [0.15, 0.2) is 0 Å². The summed E-state index contributed by atoms with van der Waals surface area (Å²) in [4.78, 5) is 0.216. The highest BCUT2D eigenvalue weighted by atomic mass is 35.5. The molecule has 19 heavy (non-hydrogen) atoms. The van der Waals surface area contributed by atoms with Gasteiger partial charge in [0, 0.05) is 19.1 Å². The molecule has 1 saturated heterocycles. The molecule has 1 aliphatic heterocycles. The number of nitrogens with zero attached hydrogens (tertiary/aromatic N) is 1. The Morgan fingerprint density at radius 2 is 2.11 bits per heavy atom. The number of para-hydroxylation sites is 1. The van der Waals surface area contributed by atoms with Gasteiger partial charge in [-0.2, -0.15) is 4.31 Å². The van der Waals surface area contributed by atoms with Crippen LogP contribution in [0.1, 0.15) is 12.8 Å². The number of methoxy groups -OCH3 is 1. The van der Waals surface area contributed by atoms with Gasteiger partial charge in [-0.1, -0.05) is 12.1 Å². The Morgan fingerprint density at radius 3 is 2.74 bits per heavy atom. The Labute approximate surface area is 120 Å². The second-order valence-corrected chi connectivity index (χ2v) is 6.16. The molecule has 1 unspecified atom stereocenters. The molecule has 1 aromatic rings. The Morgan fingerprint density at radius 1 is 1.42 bits per heavy atom. The van der Waals surface area contributed by atoms with Gasteiger partial charge in [0.2, 0.25) is 10.0 Å². The third-order valence-electron chi connectivity index (χ3n) is 3.25. The molecule has 5 nitrogen and oxygen atoms in total. The van der Waals surface area contributed by atoms with E-state index in [9.17, 15) is 8.42 Å². The van der Waals surface area contributed by atoms with E-state index >= 15 is 0 Å². The molecule has 1 heterocycles. The van der Waals surface area contributed by atoms with Crippen molar-refractivity contribution >= 4 is 22.4 Å². The Balaban J connectivity index is 0.00000180. The van der Waals surface area contributed by atoms with Gasteiger partial charge in [-0.15, -0.1) is 12.4 Å². The van der Waals surface area contributed by atoms with Crippen molar-refractivity contribution in [1.82, 2.24) is 4.31 Å². The van der Waals surface area contributed by atoms with Crippen LogP contribution in [0.5, 0.6) is 5.75 Å². The Hall–Kier alpha value is -0.820. The molecule has 0 aromatic heterocycles. The van der Waals surface area contributed by atoms with Crippen LogP contribution in [0, 0.1) is 0 Å². The zero-order valence-corrected chi connectivity index (χ0v) is 12.4. The molecule has 108 valence electrons. The smallest absolute Gasteiger partial charge is 0.247 e. The number of hydrogen-bond donors (Lipinski definition) is 1. The predicted octanol–water partition coefficient (Wildman–Crippen LogP) is 1.23. The lowest BCUT2D eigenvalue weighted by Gasteiger charge is -2.23. The summed E-state index contributed by atoms with van der Waals surface area (Å²) in [6, 6.07) is 6.57. The first-order valence-electron chi connectivity index (χ1n) is 5.96. The van der Waals surface area contributed by atoms with Crippen LogP contribution in [0.25, 0.3) is 0 Å². The largest absolute Gasteiger partial charge is 0.495 e. The van der Waals surface area contributed by atoms with Crippen LogP contribution >= 0.6 is 12.4 Å². The first kappa shape index (κ1) is 16.2. The van der Waals surface area contributed by atoms with Crippen molar-refractivity contribution < 1.29 is 13.2 Å². The molecule has 1 fully saturated rings. The zero-order chi connectivity index (χ0) is 13.2. The SMILES string of the molecule is COc1ccccc1S(=O)(=O)N1CCCC1CN.Cl. The lowest BCUT2D eigenvalue weighted by Crippen LogP contribution is -2.39. The highest BCUT2D eigenvalue weighted by molar-refractivity contribution is 7.89. The summed E-state index contributed by atoms with van der Waals surface area (Å²) in [6.07, 6.45) is 1.68. The van der Waals surface area contributed by atoms with Crippen molar-refractivity contribution in [2.45, 2.75) is 23.8 Å². The molecule has 2 N–H and O–H groups in total. The average Bonchev–Trinajstić information content (AvgIpc) is 2.87. The second kappa shape index (κ2) is 6.56. The highest BCUT2D eigenvalue weighted by Crippen LogP contribution is 2.30. The summed E-state index contributed by atoms with van der Waals surface area (Å²) in [5, 5.41) is 0. The monoisotopic (exact) mass is 306 g/mol. The Bertz CT molecular complexity index is 521. The third-order valence-corrected chi connectivity index (χ3v) is 5.24. The molecule has 1 aromatic carbocycles. The van der Waals surface area contributed by atoms with Gasteiger partial charge >= 0.3 is 0 Å². The fraction of sp³-hybridized carbons (Fsp3) is 0.500. The maximum Gasteiger partial charge on any atom is 0.247 e. The molecule has 1 aliphatic rings. The van der Waals surface area contributed by atoms with E-state index in [4.69, 9.17) is 10.5 Å². The third kappa shape index (κ3) is 3.02. The van der Waals surface area contributed by atoms with Crippen LogP contribution in [-0.4, -0.2) is 39.0 Å². The van der Waals surface area contributed by atoms with E-state index in [1.807, 2.05) is 0 Å². The van der Waals surface area contributed by atoms with Crippen molar-refractivity contribution in [3.05, 3.63) is 24.3 Å². The average molecular weight is 307 g/mol. The number of ether oxygens (including phenoxy) is 1. The minimum absolute atomic E-state index is 0. The summed E-state index contributed by atoms with van der Waals surface area (Å²) >= 11 is 0. The van der Waals surface area contributed by atoms with E-state index in [-0.39, 0.29) is 23.3 Å². The lowest BCUT2D eigenvalue weighted by molar-refractivity contribution is 0.379. The number of rotatable bonds is 4. The first-order chi connectivity index (χ1) is 8.61. The predicted molar refractivity (Wildman–Crippen MR) is 76.2 cm³/mol. The van der Waals surface area contributed by atoms with E-state index in [2.05, 4.69) is 0 Å². The molecule has 1 atom stereocenters. The van der Waals surface area contributed by atoms with Gasteiger partial charge < -0.3 is 10.5 Å². The van der Waals surface area contributed by atoms with Gasteiger partial charge in [-0.25, -0.2) is 8.42 Å². The van der Waals surface area contributed by atoms with Crippen molar-refractivity contribution in [2.75, 3.05) is 20.2 Å². The van der Waals surface area contributed by atoms with E-state index in [0.29, 0.717) is 18.8 Å². The van der Waals surface area contributed by atoms with E-state index < -0.39 is 10.0 Å². The van der Waals surface area contributed by atoms with Crippen molar-refractivity contribution in [3.8, 4) is 5.75 Å². The van der Waals surface area contributed by atoms with Crippen LogP contribution in [0.2, 0.25) is 0 Å². The van der Waals surface area contributed by atoms with Crippen molar-refractivity contribution in [2.24, 2.45) is 5.73 Å². The van der Waals surface area contributed by atoms with Crippen LogP contribution in [0.15, 0.2) is 29.2 Å². The summed E-state index contributed by atoms with van der Waals surface area (Å²) in [6.45, 7) is 0.886. The topological polar surface area (TPSA) is 72.6 Å². The number of sulfonamides is 1. The van der Waals surface area contributed by atoms with Crippen LogP contribution in [0.3, 0.4) is 0 Å². The van der Waals surface area contributed by atoms with Crippen molar-refractivity contribution in [1.29, 1.82) is 0 Å². The molecule has 0 amide bonds. The number of hydrogen-bond acceptors (Lipinski definition) is 4. The molecule has 0 radical (unpaired) electrons. The van der Waals surface area contributed by atoms with E-state index in [0.717, 1.165) is 12.8 Å². The maximum atomic E-state index is 12.6. The molecular formula is C12H19ClN2O3S. The van der Waals surface area contributed by atoms with Crippen LogP contribution in [0.4, 0.5) is 0 Å². The van der Waals surface area contributed by atoms with Gasteiger partial charge in [-0.3, -0.25) is 0 Å². The lowest BCUT2D eigenvalue weighted by atomic mass is 10.2. The van der Waals surface area contributed by atoms with Gasteiger partial charge in [-0.05, 0) is 25.0 Å². The molecule has 0 bridgehead atoms. The van der Waals surface area contributed by atoms with Gasteiger partial charge in [0.25, 0.3) is 0 Å². The Kier molecular flexibility index (Phi) is 5.61. The minimum Gasteiger partial charge on any atom is -0.495 e. The van der Waals surface area contributed by atoms with Crippen molar-refractivity contribution in [3.63, 3.8) is 0 Å². The van der Waals surface area contributed by atoms with E-state index in [1.54, 1.807) is 24.3 Å². The van der Waals surface area contributed by atoms with Gasteiger partial charge in [0.1, 0.15) is 10.6 Å². The summed E-state index contributed by atoms with van der Waals surface area (Å²) in [5.41, 5.74) is 5.63. The number of nitrogens with two attached hydrogens (primary N) is 1. The second-order valence-electron chi connectivity index (χ2n) is 4.30. The quantitative estimate of drug-likeness (QED) is 0.908. The summed E-state index contributed by atoms with van der Waals surface area (Å²) < 4.78 is 31.8. The molecular weight excluding hydrogens is 288 g/mol. The first-order valence-corrected chi connectivity index (χ1v) is 7.40. The standard InChI is InChI=1S/C12H18N2O3S.ClH/c1-17-11-6-2-3-7-12(11)18(15,16)14-8-4-5-10(14)9-13;/h2-3,6-7,10H,4-5,8-9,13H2,1H3;1H. The minimum atomic E-state index is -3.51. The van der Waals surface area contributed by atoms with E-state index in [1.165, 1.54) is 11.4 Å². The number of halogens is 1. The van der Waals surface area contributed by atoms with Crippen LogP contribution < -0.4 is 10.5 Å². The number of benzene rings is 1. The molecule has 0 aliphatic carbocycles. The molecule has 0 saturated carbocycles. The summed E-state index contributed by atoms with van der Waals surface area (Å²) in [5.74, 6) is 0.375. The maximum absolute atomic E-state index is 12.6. The molecule has 0 spiro atoms. The normalized spacial score (nSPS) is 20.0. The van der Waals surface area contributed by atoms with Crippen LogP contribution in [-0.2, 0) is 10.0 Å². The fourth-order valence-electron chi connectivity index (χ4n) is 2.32. The zero-order valence-electron chi connectivity index (χ0n) is 10.8. The highest BCUT2D eigenvalue weighted by Gasteiger charge is 2.35.